The molecular weight excluding hydrogens is 282 g/mol. The van der Waals surface area contributed by atoms with E-state index in [1.165, 1.54) is 0 Å². The molecule has 1 heterocycles. The van der Waals surface area contributed by atoms with Crippen LogP contribution in [0.4, 0.5) is 4.79 Å². The van der Waals surface area contributed by atoms with Gasteiger partial charge in [0.2, 0.25) is 0 Å². The van der Waals surface area contributed by atoms with Gasteiger partial charge in [-0.25, -0.2) is 4.79 Å². The maximum absolute atomic E-state index is 12.4. The molecule has 6 heteroatoms. The number of amides is 3. The third kappa shape index (κ3) is 4.29. The Morgan fingerprint density at radius 2 is 1.91 bits per heavy atom. The molecule has 2 rings (SSSR count). The zero-order chi connectivity index (χ0) is 15.9. The number of carbonyl (C=O) groups is 2. The molecule has 4 N–H and O–H groups in total. The van der Waals surface area contributed by atoms with Crippen LogP contribution in [0.25, 0.3) is 0 Å². The zero-order valence-electron chi connectivity index (χ0n) is 12.6. The highest BCUT2D eigenvalue weighted by Crippen LogP contribution is 2.15. The second-order valence-electron chi connectivity index (χ2n) is 5.57. The van der Waals surface area contributed by atoms with Gasteiger partial charge in [-0.2, -0.15) is 0 Å². The summed E-state index contributed by atoms with van der Waals surface area (Å²) >= 11 is 0. The average Bonchev–Trinajstić information content (AvgIpc) is 2.54. The lowest BCUT2D eigenvalue weighted by Crippen LogP contribution is -2.54. The Labute approximate surface area is 130 Å². The first kappa shape index (κ1) is 16.5. The van der Waals surface area contributed by atoms with E-state index < -0.39 is 18.0 Å². The van der Waals surface area contributed by atoms with Gasteiger partial charge in [-0.05, 0) is 44.3 Å². The first-order valence-corrected chi connectivity index (χ1v) is 7.65. The quantitative estimate of drug-likeness (QED) is 0.744. The third-order valence-corrected chi connectivity index (χ3v) is 3.98. The summed E-state index contributed by atoms with van der Waals surface area (Å²) in [7, 11) is 0. The Morgan fingerprint density at radius 3 is 2.50 bits per heavy atom. The van der Waals surface area contributed by atoms with Gasteiger partial charge in [0.25, 0.3) is 5.91 Å². The number of primary amides is 1. The largest absolute Gasteiger partial charge is 0.383 e. The number of imide groups is 1. The number of aryl methyl sites for hydroxylation is 1. The molecule has 0 spiro atoms. The fourth-order valence-corrected chi connectivity index (χ4v) is 2.77. The lowest BCUT2D eigenvalue weighted by Gasteiger charge is -2.33. The minimum Gasteiger partial charge on any atom is -0.383 e. The van der Waals surface area contributed by atoms with Crippen molar-refractivity contribution in [1.82, 2.24) is 10.2 Å². The molecule has 1 aromatic rings. The zero-order valence-corrected chi connectivity index (χ0v) is 12.6. The third-order valence-electron chi connectivity index (χ3n) is 3.98. The van der Waals surface area contributed by atoms with Gasteiger partial charge in [-0.15, -0.1) is 0 Å². The normalized spacial score (nSPS) is 17.0. The van der Waals surface area contributed by atoms with Crippen LogP contribution < -0.4 is 11.1 Å². The van der Waals surface area contributed by atoms with Crippen LogP contribution >= 0.6 is 0 Å². The van der Waals surface area contributed by atoms with Crippen molar-refractivity contribution in [3.05, 3.63) is 35.9 Å². The van der Waals surface area contributed by atoms with E-state index in [4.69, 9.17) is 5.73 Å². The van der Waals surface area contributed by atoms with E-state index >= 15 is 0 Å². The van der Waals surface area contributed by atoms with Gasteiger partial charge < -0.3 is 16.2 Å². The summed E-state index contributed by atoms with van der Waals surface area (Å²) in [6, 6.07) is 8.61. The Morgan fingerprint density at radius 1 is 1.27 bits per heavy atom. The van der Waals surface area contributed by atoms with Crippen molar-refractivity contribution in [2.45, 2.75) is 37.8 Å². The standard InChI is InChI=1S/C16H23N3O3/c17-16(22)19(13-8-10-18-11-9-13)15(21)14(20)7-6-12-4-2-1-3-5-12/h1-5,13-14,18,20H,6-11H2,(H2,17,22)/t14-/m0/s1. The summed E-state index contributed by atoms with van der Waals surface area (Å²) in [5, 5.41) is 13.3. The molecule has 0 saturated carbocycles. The molecule has 120 valence electrons. The number of aliphatic hydroxyl groups is 1. The molecule has 0 aliphatic carbocycles. The van der Waals surface area contributed by atoms with E-state index in [-0.39, 0.29) is 12.5 Å². The Hall–Kier alpha value is -1.92. The minimum absolute atomic E-state index is 0.224. The van der Waals surface area contributed by atoms with Crippen LogP contribution in [0.3, 0.4) is 0 Å². The molecule has 1 saturated heterocycles. The molecule has 6 nitrogen and oxygen atoms in total. The number of nitrogens with two attached hydrogens (primary N) is 1. The van der Waals surface area contributed by atoms with Crippen LogP contribution in [-0.2, 0) is 11.2 Å². The van der Waals surface area contributed by atoms with E-state index in [0.29, 0.717) is 19.3 Å². The number of nitrogens with one attached hydrogen (secondary N) is 1. The highest BCUT2D eigenvalue weighted by atomic mass is 16.3. The summed E-state index contributed by atoms with van der Waals surface area (Å²) in [6.45, 7) is 1.48. The monoisotopic (exact) mass is 305 g/mol. The highest BCUT2D eigenvalue weighted by Gasteiger charge is 2.32. The number of piperidine rings is 1. The van der Waals surface area contributed by atoms with Gasteiger partial charge in [0, 0.05) is 6.04 Å². The van der Waals surface area contributed by atoms with Gasteiger partial charge in [0.1, 0.15) is 6.10 Å². The second-order valence-corrected chi connectivity index (χ2v) is 5.57. The van der Waals surface area contributed by atoms with Crippen LogP contribution in [0.1, 0.15) is 24.8 Å². The van der Waals surface area contributed by atoms with E-state index in [1.54, 1.807) is 0 Å². The lowest BCUT2D eigenvalue weighted by atomic mass is 10.0. The maximum atomic E-state index is 12.4. The molecular formula is C16H23N3O3. The van der Waals surface area contributed by atoms with Crippen LogP contribution in [0, 0.1) is 0 Å². The SMILES string of the molecule is NC(=O)N(C(=O)[C@@H](O)CCc1ccccc1)C1CCNCC1. The Bertz CT molecular complexity index is 501. The molecule has 0 bridgehead atoms. The number of rotatable bonds is 5. The molecule has 1 aliphatic rings. The fourth-order valence-electron chi connectivity index (χ4n) is 2.77. The van der Waals surface area contributed by atoms with Crippen molar-refractivity contribution in [2.24, 2.45) is 5.73 Å². The summed E-state index contributed by atoms with van der Waals surface area (Å²) in [5.41, 5.74) is 6.39. The molecule has 22 heavy (non-hydrogen) atoms. The maximum Gasteiger partial charge on any atom is 0.321 e. The lowest BCUT2D eigenvalue weighted by molar-refractivity contribution is -0.139. The number of carbonyl (C=O) groups excluding carboxylic acids is 2. The fraction of sp³-hybridized carbons (Fsp3) is 0.500. The highest BCUT2D eigenvalue weighted by molar-refractivity contribution is 5.96. The van der Waals surface area contributed by atoms with Crippen molar-refractivity contribution in [3.63, 3.8) is 0 Å². The number of urea groups is 1. The van der Waals surface area contributed by atoms with Gasteiger partial charge in [0.05, 0.1) is 0 Å². The molecule has 0 radical (unpaired) electrons. The van der Waals surface area contributed by atoms with Crippen LogP contribution in [0.2, 0.25) is 0 Å². The summed E-state index contributed by atoms with van der Waals surface area (Å²) in [4.78, 5) is 25.0. The molecule has 1 atom stereocenters. The molecule has 1 aliphatic heterocycles. The van der Waals surface area contributed by atoms with E-state index in [1.807, 2.05) is 30.3 Å². The average molecular weight is 305 g/mol. The summed E-state index contributed by atoms with van der Waals surface area (Å²) < 4.78 is 0. The topological polar surface area (TPSA) is 95.7 Å². The number of nitrogens with zero attached hydrogens (tertiary/aromatic N) is 1. The first-order chi connectivity index (χ1) is 10.6. The van der Waals surface area contributed by atoms with Crippen molar-refractivity contribution in [1.29, 1.82) is 0 Å². The summed E-state index contributed by atoms with van der Waals surface area (Å²) in [6.07, 6.45) is 0.979. The minimum atomic E-state index is -1.21. The Kier molecular flexibility index (Phi) is 5.91. The first-order valence-electron chi connectivity index (χ1n) is 7.65. The predicted molar refractivity (Wildman–Crippen MR) is 83.1 cm³/mol. The Balaban J connectivity index is 1.95. The van der Waals surface area contributed by atoms with Crippen molar-refractivity contribution in [2.75, 3.05) is 13.1 Å². The van der Waals surface area contributed by atoms with Crippen LogP contribution in [-0.4, -0.2) is 47.2 Å². The smallest absolute Gasteiger partial charge is 0.321 e. The number of benzene rings is 1. The molecule has 0 unspecified atom stereocenters. The van der Waals surface area contributed by atoms with Gasteiger partial charge >= 0.3 is 6.03 Å². The van der Waals surface area contributed by atoms with Crippen molar-refractivity contribution in [3.8, 4) is 0 Å². The van der Waals surface area contributed by atoms with Crippen LogP contribution in [0.5, 0.6) is 0 Å². The second kappa shape index (κ2) is 7.91. The van der Waals surface area contributed by atoms with Gasteiger partial charge in [0.15, 0.2) is 0 Å². The van der Waals surface area contributed by atoms with Gasteiger partial charge in [-0.1, -0.05) is 30.3 Å². The number of hydrogen-bond acceptors (Lipinski definition) is 4. The molecule has 1 aromatic carbocycles. The van der Waals surface area contributed by atoms with Crippen LogP contribution in [0.15, 0.2) is 30.3 Å². The van der Waals surface area contributed by atoms with Crippen molar-refractivity contribution < 1.29 is 14.7 Å². The van der Waals surface area contributed by atoms with E-state index in [0.717, 1.165) is 23.6 Å². The number of hydrogen-bond donors (Lipinski definition) is 3. The molecule has 1 fully saturated rings. The van der Waals surface area contributed by atoms with Gasteiger partial charge in [-0.3, -0.25) is 9.69 Å². The predicted octanol–water partition coefficient (Wildman–Crippen LogP) is 0.639. The van der Waals surface area contributed by atoms with Crippen molar-refractivity contribution >= 4 is 11.9 Å². The van der Waals surface area contributed by atoms with E-state index in [2.05, 4.69) is 5.32 Å². The summed E-state index contributed by atoms with van der Waals surface area (Å²) in [5.74, 6) is -0.588. The molecule has 3 amide bonds. The van der Waals surface area contributed by atoms with E-state index in [9.17, 15) is 14.7 Å². The molecule has 0 aromatic heterocycles. The number of aliphatic hydroxyl groups excluding tert-OH is 1.